The Morgan fingerprint density at radius 2 is 1.45 bits per heavy atom. The Kier molecular flexibility index (Phi) is 6.21. The zero-order chi connectivity index (χ0) is 15.9. The van der Waals surface area contributed by atoms with Crippen LogP contribution in [0.15, 0.2) is 54.6 Å². The highest BCUT2D eigenvalue weighted by atomic mass is 14.5. The number of hydrogen-bond acceptors (Lipinski definition) is 1. The van der Waals surface area contributed by atoms with Gasteiger partial charge in [0.05, 0.1) is 0 Å². The summed E-state index contributed by atoms with van der Waals surface area (Å²) in [5.41, 5.74) is 10.1. The van der Waals surface area contributed by atoms with E-state index in [4.69, 9.17) is 5.73 Å². The van der Waals surface area contributed by atoms with Gasteiger partial charge in [0, 0.05) is 0 Å². The predicted octanol–water partition coefficient (Wildman–Crippen LogP) is 5.12. The van der Waals surface area contributed by atoms with Gasteiger partial charge in [0.15, 0.2) is 0 Å². The van der Waals surface area contributed by atoms with E-state index < -0.39 is 0 Å². The second kappa shape index (κ2) is 8.14. The van der Waals surface area contributed by atoms with Crippen LogP contribution in [0.5, 0.6) is 0 Å². The number of nitrogens with two attached hydrogens (primary N) is 1. The van der Waals surface area contributed by atoms with Gasteiger partial charge in [-0.15, -0.1) is 0 Å². The molecule has 0 aliphatic carbocycles. The first-order chi connectivity index (χ1) is 10.6. The minimum Gasteiger partial charge on any atom is -0.330 e. The van der Waals surface area contributed by atoms with E-state index in [-0.39, 0.29) is 0 Å². The fraction of sp³-hybridized carbons (Fsp3) is 0.429. The van der Waals surface area contributed by atoms with Crippen LogP contribution in [0.1, 0.15) is 55.7 Å². The first-order valence-corrected chi connectivity index (χ1v) is 8.45. The molecule has 0 heterocycles. The van der Waals surface area contributed by atoms with Gasteiger partial charge in [0.1, 0.15) is 0 Å². The molecule has 0 aliphatic rings. The fourth-order valence-corrected chi connectivity index (χ4v) is 3.25. The van der Waals surface area contributed by atoms with Crippen LogP contribution < -0.4 is 5.73 Å². The van der Waals surface area contributed by atoms with E-state index in [0.717, 1.165) is 19.4 Å². The van der Waals surface area contributed by atoms with Gasteiger partial charge >= 0.3 is 0 Å². The van der Waals surface area contributed by atoms with Crippen molar-refractivity contribution in [2.75, 3.05) is 6.54 Å². The Morgan fingerprint density at radius 1 is 0.818 bits per heavy atom. The third-order valence-electron chi connectivity index (χ3n) is 4.46. The van der Waals surface area contributed by atoms with Gasteiger partial charge in [-0.1, -0.05) is 75.4 Å². The van der Waals surface area contributed by atoms with Crippen LogP contribution in [0.2, 0.25) is 0 Å². The van der Waals surface area contributed by atoms with Gasteiger partial charge in [-0.05, 0) is 53.8 Å². The normalized spacial score (nSPS) is 14.0. The lowest BCUT2D eigenvalue weighted by Gasteiger charge is -2.25. The van der Waals surface area contributed by atoms with Crippen LogP contribution in [0.3, 0.4) is 0 Å². The van der Waals surface area contributed by atoms with Crippen LogP contribution >= 0.6 is 0 Å². The van der Waals surface area contributed by atoms with Crippen molar-refractivity contribution in [3.63, 3.8) is 0 Å². The van der Waals surface area contributed by atoms with E-state index in [2.05, 4.69) is 75.4 Å². The Bertz CT molecular complexity index is 542. The van der Waals surface area contributed by atoms with Crippen molar-refractivity contribution in [2.45, 2.75) is 45.4 Å². The van der Waals surface area contributed by atoms with Crippen molar-refractivity contribution in [2.24, 2.45) is 11.7 Å². The molecule has 0 saturated heterocycles. The maximum absolute atomic E-state index is 5.86. The highest BCUT2D eigenvalue weighted by Gasteiger charge is 2.20. The van der Waals surface area contributed by atoms with Crippen molar-refractivity contribution in [1.82, 2.24) is 0 Å². The van der Waals surface area contributed by atoms with Crippen molar-refractivity contribution >= 4 is 0 Å². The van der Waals surface area contributed by atoms with Gasteiger partial charge in [-0.25, -0.2) is 0 Å². The van der Waals surface area contributed by atoms with Gasteiger partial charge in [-0.3, -0.25) is 0 Å². The highest BCUT2D eigenvalue weighted by molar-refractivity contribution is 5.30. The average molecular weight is 295 g/mol. The first-order valence-electron chi connectivity index (χ1n) is 8.45. The fourth-order valence-electron chi connectivity index (χ4n) is 3.25. The van der Waals surface area contributed by atoms with Crippen LogP contribution in [0.4, 0.5) is 0 Å². The minimum atomic E-state index is 0.485. The van der Waals surface area contributed by atoms with Gasteiger partial charge in [0.25, 0.3) is 0 Å². The second-order valence-corrected chi connectivity index (χ2v) is 6.72. The first kappa shape index (κ1) is 16.8. The molecule has 0 fully saturated rings. The highest BCUT2D eigenvalue weighted by Crippen LogP contribution is 2.35. The molecular formula is C21H29N. The molecule has 22 heavy (non-hydrogen) atoms. The lowest BCUT2D eigenvalue weighted by atomic mass is 9.80. The molecule has 1 heteroatoms. The Balaban J connectivity index is 2.18. The minimum absolute atomic E-state index is 0.485. The lowest BCUT2D eigenvalue weighted by molar-refractivity contribution is 0.541. The Morgan fingerprint density at radius 3 is 2.00 bits per heavy atom. The zero-order valence-corrected chi connectivity index (χ0v) is 14.1. The topological polar surface area (TPSA) is 26.0 Å². The molecular weight excluding hydrogens is 266 g/mol. The molecule has 2 N–H and O–H groups in total. The molecule has 1 nitrogen and oxygen atoms in total. The van der Waals surface area contributed by atoms with Gasteiger partial charge in [0.2, 0.25) is 0 Å². The molecule has 0 aromatic heterocycles. The SMILES string of the molecule is CC(C)Cc1ccc(C(C)C(CCN)c2ccccc2)cc1. The third kappa shape index (κ3) is 4.45. The zero-order valence-electron chi connectivity index (χ0n) is 14.1. The molecule has 0 bridgehead atoms. The number of benzene rings is 2. The summed E-state index contributed by atoms with van der Waals surface area (Å²) in [6.07, 6.45) is 2.18. The average Bonchev–Trinajstić information content (AvgIpc) is 2.53. The standard InChI is InChI=1S/C21H29N/c1-16(2)15-18-9-11-19(12-10-18)17(3)21(13-14-22)20-7-5-4-6-8-20/h4-12,16-17,21H,13-15,22H2,1-3H3. The van der Waals surface area contributed by atoms with Gasteiger partial charge < -0.3 is 5.73 Å². The molecule has 2 unspecified atom stereocenters. The maximum Gasteiger partial charge on any atom is -0.00712 e. The lowest BCUT2D eigenvalue weighted by Crippen LogP contribution is -2.13. The van der Waals surface area contributed by atoms with E-state index in [1.807, 2.05) is 0 Å². The number of rotatable bonds is 7. The molecule has 2 aromatic carbocycles. The van der Waals surface area contributed by atoms with Crippen molar-refractivity contribution in [1.29, 1.82) is 0 Å². The number of hydrogen-bond donors (Lipinski definition) is 1. The Labute approximate surface area is 135 Å². The molecule has 2 aromatic rings. The summed E-state index contributed by atoms with van der Waals surface area (Å²) < 4.78 is 0. The summed E-state index contributed by atoms with van der Waals surface area (Å²) in [5, 5.41) is 0. The predicted molar refractivity (Wildman–Crippen MR) is 96.3 cm³/mol. The van der Waals surface area contributed by atoms with Crippen LogP contribution in [0, 0.1) is 5.92 Å². The molecule has 0 amide bonds. The molecule has 2 atom stereocenters. The van der Waals surface area contributed by atoms with Crippen molar-refractivity contribution < 1.29 is 0 Å². The molecule has 0 aliphatic heterocycles. The van der Waals surface area contributed by atoms with E-state index >= 15 is 0 Å². The van der Waals surface area contributed by atoms with Crippen molar-refractivity contribution in [3.05, 3.63) is 71.3 Å². The van der Waals surface area contributed by atoms with Gasteiger partial charge in [-0.2, -0.15) is 0 Å². The molecule has 2 rings (SSSR count). The largest absolute Gasteiger partial charge is 0.330 e. The summed E-state index contributed by atoms with van der Waals surface area (Å²) >= 11 is 0. The molecule has 0 radical (unpaired) electrons. The van der Waals surface area contributed by atoms with Crippen LogP contribution in [0.25, 0.3) is 0 Å². The quantitative estimate of drug-likeness (QED) is 0.753. The van der Waals surface area contributed by atoms with Crippen LogP contribution in [-0.4, -0.2) is 6.54 Å². The molecule has 0 spiro atoms. The summed E-state index contributed by atoms with van der Waals surface area (Å²) in [6, 6.07) is 20.0. The maximum atomic E-state index is 5.86. The van der Waals surface area contributed by atoms with Crippen molar-refractivity contribution in [3.8, 4) is 0 Å². The monoisotopic (exact) mass is 295 g/mol. The summed E-state index contributed by atoms with van der Waals surface area (Å²) in [7, 11) is 0. The van der Waals surface area contributed by atoms with E-state index in [1.165, 1.54) is 16.7 Å². The molecule has 0 saturated carbocycles. The summed E-state index contributed by atoms with van der Waals surface area (Å²) in [5.74, 6) is 1.68. The van der Waals surface area contributed by atoms with E-state index in [9.17, 15) is 0 Å². The Hall–Kier alpha value is -1.60. The van der Waals surface area contributed by atoms with Crippen LogP contribution in [-0.2, 0) is 6.42 Å². The summed E-state index contributed by atoms with van der Waals surface area (Å²) in [6.45, 7) is 7.59. The van der Waals surface area contributed by atoms with E-state index in [1.54, 1.807) is 0 Å². The third-order valence-corrected chi connectivity index (χ3v) is 4.46. The molecule has 118 valence electrons. The smallest absolute Gasteiger partial charge is 0.00712 e. The summed E-state index contributed by atoms with van der Waals surface area (Å²) in [4.78, 5) is 0. The second-order valence-electron chi connectivity index (χ2n) is 6.72. The van der Waals surface area contributed by atoms with E-state index in [0.29, 0.717) is 17.8 Å².